The second-order valence-corrected chi connectivity index (χ2v) is 5.40. The molecule has 130 valence electrons. The molecule has 1 atom stereocenters. The van der Waals surface area contributed by atoms with Crippen molar-refractivity contribution in [3.05, 3.63) is 29.3 Å². The van der Waals surface area contributed by atoms with Crippen molar-refractivity contribution in [2.75, 3.05) is 20.2 Å². The number of hydrogen-bond acceptors (Lipinski definition) is 3. The number of rotatable bonds is 6. The monoisotopic (exact) mass is 334 g/mol. The average Bonchev–Trinajstić information content (AvgIpc) is 2.42. The van der Waals surface area contributed by atoms with Crippen LogP contribution >= 0.6 is 0 Å². The SMILES string of the molecule is Cc1ccc(CNC(=O)N(C)CC(C)O)c(OCC(F)(F)F)c1. The number of nitrogens with zero attached hydrogens (tertiary/aromatic N) is 1. The molecule has 2 N–H and O–H groups in total. The van der Waals surface area contributed by atoms with E-state index < -0.39 is 24.9 Å². The summed E-state index contributed by atoms with van der Waals surface area (Å²) in [5.74, 6) is 0.0841. The van der Waals surface area contributed by atoms with E-state index >= 15 is 0 Å². The van der Waals surface area contributed by atoms with Gasteiger partial charge in [-0.1, -0.05) is 12.1 Å². The van der Waals surface area contributed by atoms with Crippen molar-refractivity contribution < 1.29 is 27.8 Å². The molecule has 0 fully saturated rings. The van der Waals surface area contributed by atoms with Crippen LogP contribution in [0.4, 0.5) is 18.0 Å². The van der Waals surface area contributed by atoms with Crippen LogP contribution in [0.25, 0.3) is 0 Å². The molecule has 0 bridgehead atoms. The topological polar surface area (TPSA) is 61.8 Å². The molecule has 0 aliphatic heterocycles. The van der Waals surface area contributed by atoms with Crippen molar-refractivity contribution in [1.82, 2.24) is 10.2 Å². The highest BCUT2D eigenvalue weighted by atomic mass is 19.4. The number of hydrogen-bond donors (Lipinski definition) is 2. The van der Waals surface area contributed by atoms with Crippen molar-refractivity contribution >= 4 is 6.03 Å². The molecular formula is C15H21F3N2O3. The Bertz CT molecular complexity index is 533. The summed E-state index contributed by atoms with van der Waals surface area (Å²) in [6.07, 6.45) is -5.10. The fraction of sp³-hybridized carbons (Fsp3) is 0.533. The zero-order valence-corrected chi connectivity index (χ0v) is 13.3. The van der Waals surface area contributed by atoms with E-state index in [0.29, 0.717) is 5.56 Å². The number of urea groups is 1. The predicted octanol–water partition coefficient (Wildman–Crippen LogP) is 2.46. The standard InChI is InChI=1S/C15H21F3N2O3/c1-10-4-5-12(13(6-10)23-9-15(16,17)18)7-19-14(22)20(3)8-11(2)21/h4-6,11,21H,7-9H2,1-3H3,(H,19,22). The predicted molar refractivity (Wildman–Crippen MR) is 79.3 cm³/mol. The van der Waals surface area contributed by atoms with E-state index in [0.717, 1.165) is 5.56 Å². The van der Waals surface area contributed by atoms with E-state index in [9.17, 15) is 23.1 Å². The molecule has 0 aromatic heterocycles. The lowest BCUT2D eigenvalue weighted by Gasteiger charge is -2.20. The Labute approximate surface area is 133 Å². The molecule has 8 heteroatoms. The van der Waals surface area contributed by atoms with Crippen LogP contribution in [0.1, 0.15) is 18.1 Å². The van der Waals surface area contributed by atoms with Crippen LogP contribution < -0.4 is 10.1 Å². The van der Waals surface area contributed by atoms with Crippen molar-refractivity contribution in [3.8, 4) is 5.75 Å². The third-order valence-corrected chi connectivity index (χ3v) is 2.93. The van der Waals surface area contributed by atoms with Crippen molar-refractivity contribution in [2.24, 2.45) is 0 Å². The maximum atomic E-state index is 12.3. The quantitative estimate of drug-likeness (QED) is 0.840. The Kier molecular flexibility index (Phi) is 6.68. The number of carbonyl (C=O) groups is 1. The average molecular weight is 334 g/mol. The minimum atomic E-state index is -4.43. The third-order valence-electron chi connectivity index (χ3n) is 2.93. The van der Waals surface area contributed by atoms with Crippen LogP contribution in [0, 0.1) is 6.92 Å². The number of aryl methyl sites for hydroxylation is 1. The molecule has 5 nitrogen and oxygen atoms in total. The molecule has 23 heavy (non-hydrogen) atoms. The van der Waals surface area contributed by atoms with E-state index in [4.69, 9.17) is 4.74 Å². The van der Waals surface area contributed by atoms with Gasteiger partial charge in [0.1, 0.15) is 5.75 Å². The van der Waals surface area contributed by atoms with E-state index in [1.54, 1.807) is 26.0 Å². The summed E-state index contributed by atoms with van der Waals surface area (Å²) in [4.78, 5) is 13.1. The summed E-state index contributed by atoms with van der Waals surface area (Å²) in [5, 5.41) is 11.8. The fourth-order valence-corrected chi connectivity index (χ4v) is 1.89. The van der Waals surface area contributed by atoms with E-state index in [-0.39, 0.29) is 18.8 Å². The van der Waals surface area contributed by atoms with Gasteiger partial charge in [-0.2, -0.15) is 13.2 Å². The van der Waals surface area contributed by atoms with Gasteiger partial charge in [0, 0.05) is 25.7 Å². The lowest BCUT2D eigenvalue weighted by Crippen LogP contribution is -2.40. The first-order valence-corrected chi connectivity index (χ1v) is 7.04. The van der Waals surface area contributed by atoms with Crippen LogP contribution in [0.15, 0.2) is 18.2 Å². The Morgan fingerprint density at radius 3 is 2.65 bits per heavy atom. The molecule has 0 saturated carbocycles. The number of amides is 2. The number of benzene rings is 1. The minimum absolute atomic E-state index is 0.0243. The van der Waals surface area contributed by atoms with Gasteiger partial charge < -0.3 is 20.1 Å². The summed E-state index contributed by atoms with van der Waals surface area (Å²) in [7, 11) is 1.51. The molecule has 1 unspecified atom stereocenters. The maximum absolute atomic E-state index is 12.3. The molecule has 1 aromatic carbocycles. The molecule has 1 aromatic rings. The number of nitrogens with one attached hydrogen (secondary N) is 1. The lowest BCUT2D eigenvalue weighted by atomic mass is 10.1. The maximum Gasteiger partial charge on any atom is 0.422 e. The van der Waals surface area contributed by atoms with Gasteiger partial charge in [0.05, 0.1) is 6.10 Å². The Morgan fingerprint density at radius 2 is 2.09 bits per heavy atom. The Morgan fingerprint density at radius 1 is 1.43 bits per heavy atom. The number of aliphatic hydroxyl groups is 1. The molecule has 0 aliphatic rings. The summed E-state index contributed by atoms with van der Waals surface area (Å²) >= 11 is 0. The fourth-order valence-electron chi connectivity index (χ4n) is 1.89. The first-order chi connectivity index (χ1) is 10.6. The highest BCUT2D eigenvalue weighted by molar-refractivity contribution is 5.73. The largest absolute Gasteiger partial charge is 0.484 e. The van der Waals surface area contributed by atoms with Gasteiger partial charge in [-0.3, -0.25) is 0 Å². The molecule has 0 radical (unpaired) electrons. The number of likely N-dealkylation sites (N-methyl/N-ethyl adjacent to an activating group) is 1. The van der Waals surface area contributed by atoms with Crippen LogP contribution in [-0.2, 0) is 6.54 Å². The normalized spacial score (nSPS) is 12.7. The van der Waals surface area contributed by atoms with Crippen molar-refractivity contribution in [2.45, 2.75) is 32.7 Å². The minimum Gasteiger partial charge on any atom is -0.484 e. The van der Waals surface area contributed by atoms with Crippen molar-refractivity contribution in [3.63, 3.8) is 0 Å². The highest BCUT2D eigenvalue weighted by Crippen LogP contribution is 2.23. The summed E-state index contributed by atoms with van der Waals surface area (Å²) in [6, 6.07) is 4.39. The first kappa shape index (κ1) is 19.1. The highest BCUT2D eigenvalue weighted by Gasteiger charge is 2.28. The summed E-state index contributed by atoms with van der Waals surface area (Å²) in [5.41, 5.74) is 1.20. The van der Waals surface area contributed by atoms with Gasteiger partial charge in [-0.05, 0) is 25.5 Å². The summed E-state index contributed by atoms with van der Waals surface area (Å²) in [6.45, 7) is 2.07. The van der Waals surface area contributed by atoms with Crippen molar-refractivity contribution in [1.29, 1.82) is 0 Å². The molecule has 0 aliphatic carbocycles. The first-order valence-electron chi connectivity index (χ1n) is 7.04. The van der Waals surface area contributed by atoms with Gasteiger partial charge in [0.25, 0.3) is 0 Å². The van der Waals surface area contributed by atoms with Crippen LogP contribution in [0.3, 0.4) is 0 Å². The van der Waals surface area contributed by atoms with Crippen LogP contribution in [-0.4, -0.2) is 48.5 Å². The number of aliphatic hydroxyl groups excluding tert-OH is 1. The summed E-state index contributed by atoms with van der Waals surface area (Å²) < 4.78 is 41.7. The van der Waals surface area contributed by atoms with Gasteiger partial charge >= 0.3 is 12.2 Å². The van der Waals surface area contributed by atoms with E-state index in [1.165, 1.54) is 18.0 Å². The Hall–Kier alpha value is -1.96. The van der Waals surface area contributed by atoms with Crippen LogP contribution in [0.2, 0.25) is 0 Å². The van der Waals surface area contributed by atoms with Crippen LogP contribution in [0.5, 0.6) is 5.75 Å². The second kappa shape index (κ2) is 8.05. The molecule has 2 amide bonds. The zero-order chi connectivity index (χ0) is 17.6. The van der Waals surface area contributed by atoms with Gasteiger partial charge in [0.15, 0.2) is 6.61 Å². The third kappa shape index (κ3) is 7.23. The number of carbonyl (C=O) groups excluding carboxylic acids is 1. The van der Waals surface area contributed by atoms with E-state index in [2.05, 4.69) is 5.32 Å². The molecule has 0 saturated heterocycles. The van der Waals surface area contributed by atoms with Gasteiger partial charge in [0.2, 0.25) is 0 Å². The molecule has 0 heterocycles. The van der Waals surface area contributed by atoms with Gasteiger partial charge in [-0.15, -0.1) is 0 Å². The zero-order valence-electron chi connectivity index (χ0n) is 13.3. The van der Waals surface area contributed by atoms with Gasteiger partial charge in [-0.25, -0.2) is 4.79 Å². The second-order valence-electron chi connectivity index (χ2n) is 5.40. The molecule has 0 spiro atoms. The molecule has 1 rings (SSSR count). The molecular weight excluding hydrogens is 313 g/mol. The number of halogens is 3. The smallest absolute Gasteiger partial charge is 0.422 e. The number of alkyl halides is 3. The Balaban J connectivity index is 2.70. The van der Waals surface area contributed by atoms with E-state index in [1.807, 2.05) is 0 Å². The lowest BCUT2D eigenvalue weighted by molar-refractivity contribution is -0.153. The number of ether oxygens (including phenoxy) is 1.